The van der Waals surface area contributed by atoms with Crippen LogP contribution in [0.4, 0.5) is 5.69 Å². The lowest BCUT2D eigenvalue weighted by Crippen LogP contribution is -2.42. The fraction of sp³-hybridized carbons (Fsp3) is 0.650. The van der Waals surface area contributed by atoms with Gasteiger partial charge in [0.25, 0.3) is 0 Å². The number of sulfonamides is 1. The largest absolute Gasteiger partial charge is 0.350 e. The van der Waals surface area contributed by atoms with Crippen LogP contribution in [0, 0.1) is 5.92 Å². The lowest BCUT2D eigenvalue weighted by molar-refractivity contribution is 0.371. The zero-order valence-corrected chi connectivity index (χ0v) is 17.8. The van der Waals surface area contributed by atoms with Gasteiger partial charge in [-0.05, 0) is 70.1 Å². The summed E-state index contributed by atoms with van der Waals surface area (Å²) in [4.78, 5) is 0.872. The molecule has 1 saturated carbocycles. The number of rotatable bonds is 8. The van der Waals surface area contributed by atoms with Crippen LogP contribution in [0.5, 0.6) is 0 Å². The molecule has 1 fully saturated rings. The summed E-state index contributed by atoms with van der Waals surface area (Å²) in [5.74, 6) is 0.324. The number of anilines is 1. The van der Waals surface area contributed by atoms with E-state index in [4.69, 9.17) is 12.2 Å². The molecule has 26 heavy (non-hydrogen) atoms. The van der Waals surface area contributed by atoms with E-state index in [2.05, 4.69) is 41.2 Å². The van der Waals surface area contributed by atoms with Crippen LogP contribution in [0.25, 0.3) is 0 Å². The maximum atomic E-state index is 12.0. The normalized spacial score (nSPS) is 20.9. The number of aryl methyl sites for hydroxylation is 1. The molecule has 1 aromatic rings. The molecule has 0 bridgehead atoms. The highest BCUT2D eigenvalue weighted by Gasteiger charge is 2.28. The quantitative estimate of drug-likeness (QED) is 0.628. The van der Waals surface area contributed by atoms with Crippen LogP contribution in [-0.4, -0.2) is 24.7 Å². The highest BCUT2D eigenvalue weighted by Crippen LogP contribution is 2.27. The Balaban J connectivity index is 1.81. The molecular weight excluding hydrogens is 364 g/mol. The Morgan fingerprint density at radius 3 is 2.31 bits per heavy atom. The SMILES string of the molecule is CCCCc1ccc(NC(=S)C2CCC(NS(=O)(=O)C(C)C)CC2)cc1. The molecule has 0 saturated heterocycles. The minimum absolute atomic E-state index is 0.0410. The van der Waals surface area contributed by atoms with E-state index in [-0.39, 0.29) is 11.3 Å². The van der Waals surface area contributed by atoms with E-state index < -0.39 is 10.0 Å². The number of benzene rings is 1. The molecule has 1 aliphatic carbocycles. The van der Waals surface area contributed by atoms with Gasteiger partial charge in [-0.3, -0.25) is 0 Å². The third-order valence-corrected chi connectivity index (χ3v) is 7.43. The smallest absolute Gasteiger partial charge is 0.214 e. The van der Waals surface area contributed by atoms with Crippen molar-refractivity contribution in [1.29, 1.82) is 0 Å². The van der Waals surface area contributed by atoms with Crippen LogP contribution in [0.1, 0.15) is 64.9 Å². The fourth-order valence-corrected chi connectivity index (χ4v) is 4.55. The molecule has 0 atom stereocenters. The van der Waals surface area contributed by atoms with E-state index in [1.807, 2.05) is 0 Å². The average Bonchev–Trinajstić information content (AvgIpc) is 2.61. The van der Waals surface area contributed by atoms with Gasteiger partial charge in [-0.15, -0.1) is 0 Å². The Labute approximate surface area is 164 Å². The fourth-order valence-electron chi connectivity index (χ4n) is 3.22. The molecule has 0 amide bonds. The minimum Gasteiger partial charge on any atom is -0.350 e. The van der Waals surface area contributed by atoms with E-state index >= 15 is 0 Å². The molecule has 6 heteroatoms. The lowest BCUT2D eigenvalue weighted by atomic mass is 9.86. The third kappa shape index (κ3) is 6.32. The summed E-state index contributed by atoms with van der Waals surface area (Å²) in [6.07, 6.45) is 7.08. The maximum Gasteiger partial charge on any atom is 0.214 e. The highest BCUT2D eigenvalue weighted by molar-refractivity contribution is 7.90. The zero-order valence-electron chi connectivity index (χ0n) is 16.1. The molecule has 0 unspecified atom stereocenters. The first-order valence-corrected chi connectivity index (χ1v) is 11.7. The van der Waals surface area contributed by atoms with Crippen molar-refractivity contribution in [1.82, 2.24) is 4.72 Å². The average molecular weight is 397 g/mol. The summed E-state index contributed by atoms with van der Waals surface area (Å²) < 4.78 is 26.8. The summed E-state index contributed by atoms with van der Waals surface area (Å²) in [6.45, 7) is 5.62. The predicted octanol–water partition coefficient (Wildman–Crippen LogP) is 4.66. The summed E-state index contributed by atoms with van der Waals surface area (Å²) in [6, 6.07) is 8.56. The second-order valence-corrected chi connectivity index (χ2v) is 10.3. The lowest BCUT2D eigenvalue weighted by Gasteiger charge is -2.30. The molecule has 0 spiro atoms. The van der Waals surface area contributed by atoms with Crippen molar-refractivity contribution in [2.75, 3.05) is 5.32 Å². The van der Waals surface area contributed by atoms with Crippen molar-refractivity contribution in [3.05, 3.63) is 29.8 Å². The molecule has 2 N–H and O–H groups in total. The summed E-state index contributed by atoms with van der Waals surface area (Å²) in [5.41, 5.74) is 2.40. The number of nitrogens with one attached hydrogen (secondary N) is 2. The zero-order chi connectivity index (χ0) is 19.2. The Bertz CT molecular complexity index is 676. The highest BCUT2D eigenvalue weighted by atomic mass is 32.2. The Morgan fingerprint density at radius 1 is 1.15 bits per heavy atom. The van der Waals surface area contributed by atoms with Gasteiger partial charge in [-0.1, -0.05) is 37.7 Å². The molecule has 1 aliphatic rings. The van der Waals surface area contributed by atoms with Gasteiger partial charge in [-0.25, -0.2) is 13.1 Å². The van der Waals surface area contributed by atoms with Gasteiger partial charge >= 0.3 is 0 Å². The summed E-state index contributed by atoms with van der Waals surface area (Å²) in [7, 11) is -3.19. The van der Waals surface area contributed by atoms with Gasteiger partial charge < -0.3 is 5.32 Å². The molecule has 0 aromatic heterocycles. The van der Waals surface area contributed by atoms with Crippen LogP contribution >= 0.6 is 12.2 Å². The summed E-state index contributed by atoms with van der Waals surface area (Å²) in [5, 5.41) is 2.98. The first-order valence-electron chi connectivity index (χ1n) is 9.72. The van der Waals surface area contributed by atoms with Crippen LogP contribution < -0.4 is 10.0 Å². The van der Waals surface area contributed by atoms with Crippen LogP contribution in [0.15, 0.2) is 24.3 Å². The molecule has 1 aromatic carbocycles. The Kier molecular flexibility index (Phi) is 8.05. The van der Waals surface area contributed by atoms with Crippen molar-refractivity contribution in [2.45, 2.75) is 77.0 Å². The van der Waals surface area contributed by atoms with Crippen LogP contribution in [0.3, 0.4) is 0 Å². The second kappa shape index (κ2) is 9.81. The van der Waals surface area contributed by atoms with Gasteiger partial charge in [0.2, 0.25) is 10.0 Å². The van der Waals surface area contributed by atoms with Gasteiger partial charge in [0.15, 0.2) is 0 Å². The Hall–Kier alpha value is -0.980. The molecule has 4 nitrogen and oxygen atoms in total. The van der Waals surface area contributed by atoms with Gasteiger partial charge in [0.05, 0.1) is 10.2 Å². The van der Waals surface area contributed by atoms with Gasteiger partial charge in [-0.2, -0.15) is 0 Å². The van der Waals surface area contributed by atoms with E-state index in [0.717, 1.165) is 42.8 Å². The monoisotopic (exact) mass is 396 g/mol. The van der Waals surface area contributed by atoms with Crippen LogP contribution in [-0.2, 0) is 16.4 Å². The van der Waals surface area contributed by atoms with Gasteiger partial charge in [0.1, 0.15) is 0 Å². The maximum absolute atomic E-state index is 12.0. The van der Waals surface area contributed by atoms with Gasteiger partial charge in [0, 0.05) is 17.6 Å². The number of hydrogen-bond acceptors (Lipinski definition) is 3. The van der Waals surface area contributed by atoms with E-state index in [1.165, 1.54) is 18.4 Å². The molecular formula is C20H32N2O2S2. The molecule has 0 aliphatic heterocycles. The standard InChI is InChI=1S/C20H32N2O2S2/c1-4-5-6-16-7-11-18(12-8-16)21-20(25)17-9-13-19(14-10-17)22-26(23,24)15(2)3/h7-8,11-12,15,17,19,22H,4-6,9-10,13-14H2,1-3H3,(H,21,25). The topological polar surface area (TPSA) is 58.2 Å². The third-order valence-electron chi connectivity index (χ3n) is 5.09. The van der Waals surface area contributed by atoms with Crippen molar-refractivity contribution in [2.24, 2.45) is 5.92 Å². The number of unbranched alkanes of at least 4 members (excludes halogenated alkanes) is 1. The Morgan fingerprint density at radius 2 is 1.77 bits per heavy atom. The molecule has 146 valence electrons. The molecule has 0 radical (unpaired) electrons. The number of hydrogen-bond donors (Lipinski definition) is 2. The van der Waals surface area contributed by atoms with Crippen molar-refractivity contribution in [3.8, 4) is 0 Å². The first kappa shape index (κ1) is 21.3. The number of thiocarbonyl (C=S) groups is 1. The van der Waals surface area contributed by atoms with E-state index in [0.29, 0.717) is 5.92 Å². The predicted molar refractivity (Wildman–Crippen MR) is 114 cm³/mol. The second-order valence-electron chi connectivity index (χ2n) is 7.55. The molecule has 0 heterocycles. The van der Waals surface area contributed by atoms with E-state index in [9.17, 15) is 8.42 Å². The van der Waals surface area contributed by atoms with E-state index in [1.54, 1.807) is 13.8 Å². The van der Waals surface area contributed by atoms with Crippen molar-refractivity contribution < 1.29 is 8.42 Å². The van der Waals surface area contributed by atoms with Crippen LogP contribution in [0.2, 0.25) is 0 Å². The first-order chi connectivity index (χ1) is 12.3. The van der Waals surface area contributed by atoms with Crippen molar-refractivity contribution >= 4 is 32.9 Å². The summed E-state index contributed by atoms with van der Waals surface area (Å²) >= 11 is 5.60. The minimum atomic E-state index is -3.19. The molecule has 2 rings (SSSR count). The van der Waals surface area contributed by atoms with Crippen molar-refractivity contribution in [3.63, 3.8) is 0 Å².